The Kier molecular flexibility index (Phi) is 4.61. The number of rotatable bonds is 3. The maximum absolute atomic E-state index is 12.8. The average molecular weight is 405 g/mol. The molecular weight excluding hydrogens is 393 g/mol. The van der Waals surface area contributed by atoms with Gasteiger partial charge in [-0.25, -0.2) is 8.42 Å². The van der Waals surface area contributed by atoms with E-state index < -0.39 is 34.6 Å². The Bertz CT molecular complexity index is 960. The van der Waals surface area contributed by atoms with Crippen LogP contribution in [0.2, 0.25) is 5.02 Å². The van der Waals surface area contributed by atoms with E-state index in [-0.39, 0.29) is 21.7 Å². The SMILES string of the molecule is O=C1NC(C(F)(F)F)Cc2ccc(S(=O)(=O)Nc3ccc(Cl)cc3)cc21. The molecule has 0 fully saturated rings. The number of benzene rings is 2. The third-order valence-electron chi connectivity index (χ3n) is 3.86. The first-order valence-electron chi connectivity index (χ1n) is 7.35. The van der Waals surface area contributed by atoms with Crippen molar-refractivity contribution in [3.8, 4) is 0 Å². The van der Waals surface area contributed by atoms with Crippen molar-refractivity contribution in [3.63, 3.8) is 0 Å². The van der Waals surface area contributed by atoms with Crippen LogP contribution in [0.25, 0.3) is 0 Å². The molecule has 0 bridgehead atoms. The zero-order valence-electron chi connectivity index (χ0n) is 13.0. The lowest BCUT2D eigenvalue weighted by Crippen LogP contribution is -2.50. The first-order valence-corrected chi connectivity index (χ1v) is 9.21. The Morgan fingerprint density at radius 1 is 1.12 bits per heavy atom. The molecule has 1 aliphatic heterocycles. The summed E-state index contributed by atoms with van der Waals surface area (Å²) in [7, 11) is -4.02. The number of sulfonamides is 1. The Balaban J connectivity index is 1.90. The van der Waals surface area contributed by atoms with Crippen molar-refractivity contribution in [2.24, 2.45) is 0 Å². The summed E-state index contributed by atoms with van der Waals surface area (Å²) in [5.74, 6) is -0.961. The second kappa shape index (κ2) is 6.48. The first-order chi connectivity index (χ1) is 12.1. The van der Waals surface area contributed by atoms with E-state index in [2.05, 4.69) is 4.72 Å². The molecule has 1 unspecified atom stereocenters. The van der Waals surface area contributed by atoms with E-state index in [9.17, 15) is 26.4 Å². The third kappa shape index (κ3) is 3.78. The molecule has 0 saturated heterocycles. The predicted molar refractivity (Wildman–Crippen MR) is 89.7 cm³/mol. The van der Waals surface area contributed by atoms with E-state index in [0.717, 1.165) is 6.07 Å². The van der Waals surface area contributed by atoms with E-state index in [4.69, 9.17) is 11.6 Å². The maximum atomic E-state index is 12.8. The zero-order valence-corrected chi connectivity index (χ0v) is 14.5. The molecule has 1 heterocycles. The lowest BCUT2D eigenvalue weighted by molar-refractivity contribution is -0.153. The smallest absolute Gasteiger partial charge is 0.340 e. The molecule has 1 amide bonds. The summed E-state index contributed by atoms with van der Waals surface area (Å²) in [6.45, 7) is 0. The number of carbonyl (C=O) groups excluding carboxylic acids is 1. The van der Waals surface area contributed by atoms with Gasteiger partial charge in [-0.15, -0.1) is 0 Å². The van der Waals surface area contributed by atoms with Gasteiger partial charge in [0.15, 0.2) is 0 Å². The van der Waals surface area contributed by atoms with Crippen LogP contribution < -0.4 is 10.0 Å². The number of fused-ring (bicyclic) bond motifs is 1. The van der Waals surface area contributed by atoms with Gasteiger partial charge in [-0.3, -0.25) is 9.52 Å². The van der Waals surface area contributed by atoms with Crippen LogP contribution in [0.4, 0.5) is 18.9 Å². The van der Waals surface area contributed by atoms with Crippen molar-refractivity contribution in [1.82, 2.24) is 5.32 Å². The molecule has 2 aromatic rings. The highest BCUT2D eigenvalue weighted by Crippen LogP contribution is 2.29. The predicted octanol–water partition coefficient (Wildman–Crippen LogP) is 3.36. The summed E-state index contributed by atoms with van der Waals surface area (Å²) in [5, 5.41) is 2.28. The average Bonchev–Trinajstić information content (AvgIpc) is 2.55. The van der Waals surface area contributed by atoms with Crippen molar-refractivity contribution in [2.75, 3.05) is 4.72 Å². The van der Waals surface area contributed by atoms with Crippen LogP contribution in [-0.2, 0) is 16.4 Å². The van der Waals surface area contributed by atoms with Gasteiger partial charge in [-0.2, -0.15) is 13.2 Å². The standard InChI is InChI=1S/C16H12ClF3N2O3S/c17-10-2-4-11(5-3-10)22-26(24,25)12-6-1-9-7-14(16(18,19)20)21-15(23)13(9)8-12/h1-6,8,14,22H,7H2,(H,21,23). The molecule has 1 aliphatic rings. The maximum Gasteiger partial charge on any atom is 0.408 e. The summed E-state index contributed by atoms with van der Waals surface area (Å²) in [5.41, 5.74) is 0.305. The third-order valence-corrected chi connectivity index (χ3v) is 5.49. The molecule has 3 rings (SSSR count). The quantitative estimate of drug-likeness (QED) is 0.823. The van der Waals surface area contributed by atoms with Crippen molar-refractivity contribution < 1.29 is 26.4 Å². The zero-order chi connectivity index (χ0) is 19.1. The van der Waals surface area contributed by atoms with Gasteiger partial charge in [0.05, 0.1) is 4.90 Å². The normalized spacial score (nSPS) is 17.4. The van der Waals surface area contributed by atoms with Crippen LogP contribution in [0, 0.1) is 0 Å². The number of hydrogen-bond donors (Lipinski definition) is 2. The van der Waals surface area contributed by atoms with Gasteiger partial charge in [-0.05, 0) is 42.0 Å². The summed E-state index contributed by atoms with van der Waals surface area (Å²) in [6.07, 6.45) is -5.02. The molecule has 1 atom stereocenters. The van der Waals surface area contributed by atoms with Gasteiger partial charge in [0.1, 0.15) is 6.04 Å². The molecule has 0 aliphatic carbocycles. The summed E-state index contributed by atoms with van der Waals surface area (Å²) >= 11 is 5.74. The van der Waals surface area contributed by atoms with Crippen LogP contribution in [0.5, 0.6) is 0 Å². The Morgan fingerprint density at radius 2 is 1.77 bits per heavy atom. The van der Waals surface area contributed by atoms with Crippen molar-refractivity contribution in [1.29, 1.82) is 0 Å². The molecule has 2 N–H and O–H groups in total. The van der Waals surface area contributed by atoms with Gasteiger partial charge in [0.25, 0.3) is 15.9 Å². The van der Waals surface area contributed by atoms with Crippen LogP contribution in [-0.4, -0.2) is 26.5 Å². The van der Waals surface area contributed by atoms with Crippen LogP contribution >= 0.6 is 11.6 Å². The number of halogens is 4. The molecular formula is C16H12ClF3N2O3S. The lowest BCUT2D eigenvalue weighted by atomic mass is 9.95. The minimum Gasteiger partial charge on any atom is -0.340 e. The molecule has 0 saturated carbocycles. The molecule has 0 aromatic heterocycles. The van der Waals surface area contributed by atoms with Gasteiger partial charge in [0.2, 0.25) is 0 Å². The van der Waals surface area contributed by atoms with Crippen molar-refractivity contribution >= 4 is 33.2 Å². The summed E-state index contributed by atoms with van der Waals surface area (Å²) in [4.78, 5) is 11.7. The fraction of sp³-hybridized carbons (Fsp3) is 0.188. The number of alkyl halides is 3. The molecule has 0 radical (unpaired) electrons. The number of anilines is 1. The molecule has 5 nitrogen and oxygen atoms in total. The number of amides is 1. The molecule has 26 heavy (non-hydrogen) atoms. The largest absolute Gasteiger partial charge is 0.408 e. The van der Waals surface area contributed by atoms with E-state index in [1.54, 1.807) is 0 Å². The second-order valence-electron chi connectivity index (χ2n) is 5.70. The highest BCUT2D eigenvalue weighted by molar-refractivity contribution is 7.92. The van der Waals surface area contributed by atoms with Crippen LogP contribution in [0.15, 0.2) is 47.4 Å². The van der Waals surface area contributed by atoms with Gasteiger partial charge in [0, 0.05) is 22.7 Å². The minimum absolute atomic E-state index is 0.0931. The molecule has 138 valence electrons. The Morgan fingerprint density at radius 3 is 2.38 bits per heavy atom. The molecule has 10 heteroatoms. The monoisotopic (exact) mass is 404 g/mol. The van der Waals surface area contributed by atoms with Crippen molar-refractivity contribution in [3.05, 3.63) is 58.6 Å². The Labute approximate surface area is 152 Å². The summed E-state index contributed by atoms with van der Waals surface area (Å²) in [6, 6.07) is 7.38. The second-order valence-corrected chi connectivity index (χ2v) is 7.82. The topological polar surface area (TPSA) is 75.3 Å². The minimum atomic E-state index is -4.58. The van der Waals surface area contributed by atoms with E-state index in [1.165, 1.54) is 36.4 Å². The summed E-state index contributed by atoms with van der Waals surface area (Å²) < 4.78 is 65.7. The number of hydrogen-bond acceptors (Lipinski definition) is 3. The van der Waals surface area contributed by atoms with Crippen LogP contribution in [0.3, 0.4) is 0 Å². The Hall–Kier alpha value is -2.26. The van der Waals surface area contributed by atoms with Crippen LogP contribution in [0.1, 0.15) is 15.9 Å². The first kappa shape index (κ1) is 18.5. The number of carbonyl (C=O) groups is 1. The fourth-order valence-electron chi connectivity index (χ4n) is 2.55. The number of nitrogens with one attached hydrogen (secondary N) is 2. The van der Waals surface area contributed by atoms with Gasteiger partial charge in [-0.1, -0.05) is 17.7 Å². The highest BCUT2D eigenvalue weighted by atomic mass is 35.5. The van der Waals surface area contributed by atoms with E-state index >= 15 is 0 Å². The fourth-order valence-corrected chi connectivity index (χ4v) is 3.76. The highest BCUT2D eigenvalue weighted by Gasteiger charge is 2.43. The van der Waals surface area contributed by atoms with E-state index in [1.807, 2.05) is 5.32 Å². The van der Waals surface area contributed by atoms with E-state index in [0.29, 0.717) is 5.02 Å². The van der Waals surface area contributed by atoms with Crippen molar-refractivity contribution in [2.45, 2.75) is 23.5 Å². The molecule has 0 spiro atoms. The lowest BCUT2D eigenvalue weighted by Gasteiger charge is -2.27. The van der Waals surface area contributed by atoms with Gasteiger partial charge >= 0.3 is 6.18 Å². The van der Waals surface area contributed by atoms with Gasteiger partial charge < -0.3 is 5.32 Å². The molecule has 2 aromatic carbocycles.